The lowest BCUT2D eigenvalue weighted by molar-refractivity contribution is -0.120. The van der Waals surface area contributed by atoms with Crippen LogP contribution in [0.2, 0.25) is 0 Å². The van der Waals surface area contributed by atoms with Crippen molar-refractivity contribution in [3.05, 3.63) is 46.8 Å². The van der Waals surface area contributed by atoms with E-state index < -0.39 is 15.9 Å². The molecule has 1 aliphatic heterocycles. The van der Waals surface area contributed by atoms with Crippen molar-refractivity contribution in [3.63, 3.8) is 0 Å². The first-order chi connectivity index (χ1) is 14.7. The summed E-state index contributed by atoms with van der Waals surface area (Å²) in [5.41, 5.74) is 0.827. The number of carbonyl (C=O) groups excluding carboxylic acids is 2. The number of nitrogens with one attached hydrogen (secondary N) is 2. The molecule has 0 radical (unpaired) electrons. The number of amides is 2. The summed E-state index contributed by atoms with van der Waals surface area (Å²) in [6.45, 7) is 6.30. The molecular weight excluding hydrogens is 434 g/mol. The van der Waals surface area contributed by atoms with Crippen molar-refractivity contribution in [2.75, 3.05) is 18.4 Å². The minimum atomic E-state index is -3.61. The lowest BCUT2D eigenvalue weighted by Gasteiger charge is -2.31. The Kier molecular flexibility index (Phi) is 7.51. The predicted molar refractivity (Wildman–Crippen MR) is 123 cm³/mol. The maximum Gasteiger partial charge on any atom is 0.253 e. The summed E-state index contributed by atoms with van der Waals surface area (Å²) in [7, 11) is -3.61. The third kappa shape index (κ3) is 5.53. The van der Waals surface area contributed by atoms with Crippen LogP contribution in [0.25, 0.3) is 0 Å². The van der Waals surface area contributed by atoms with Crippen molar-refractivity contribution in [3.8, 4) is 0 Å². The minimum absolute atomic E-state index is 0.0225. The first kappa shape index (κ1) is 23.4. The van der Waals surface area contributed by atoms with Gasteiger partial charge in [-0.15, -0.1) is 11.3 Å². The highest BCUT2D eigenvalue weighted by atomic mass is 32.2. The second kappa shape index (κ2) is 9.93. The van der Waals surface area contributed by atoms with Gasteiger partial charge in [0.1, 0.15) is 4.21 Å². The molecule has 3 rings (SSSR count). The highest BCUT2D eigenvalue weighted by Gasteiger charge is 2.34. The van der Waals surface area contributed by atoms with Gasteiger partial charge in [0, 0.05) is 24.0 Å². The largest absolute Gasteiger partial charge is 0.350 e. The molecule has 1 aliphatic rings. The van der Waals surface area contributed by atoms with Gasteiger partial charge in [-0.25, -0.2) is 8.42 Å². The van der Waals surface area contributed by atoms with E-state index in [1.165, 1.54) is 15.6 Å². The Morgan fingerprint density at radius 2 is 1.97 bits per heavy atom. The van der Waals surface area contributed by atoms with Crippen molar-refractivity contribution in [1.82, 2.24) is 9.62 Å². The zero-order valence-electron chi connectivity index (χ0n) is 18.1. The molecule has 2 heterocycles. The number of benzene rings is 1. The number of rotatable bonds is 7. The number of aryl methyl sites for hydroxylation is 1. The number of anilines is 1. The molecule has 0 saturated carbocycles. The van der Waals surface area contributed by atoms with E-state index in [2.05, 4.69) is 10.6 Å². The Morgan fingerprint density at radius 3 is 2.65 bits per heavy atom. The number of para-hydroxylation sites is 1. The molecule has 2 unspecified atom stereocenters. The first-order valence-electron chi connectivity index (χ1n) is 10.5. The van der Waals surface area contributed by atoms with Crippen LogP contribution in [-0.4, -0.2) is 43.7 Å². The van der Waals surface area contributed by atoms with E-state index in [1.54, 1.807) is 36.4 Å². The summed E-state index contributed by atoms with van der Waals surface area (Å²) < 4.78 is 27.6. The zero-order valence-corrected chi connectivity index (χ0v) is 19.7. The number of piperidine rings is 1. The van der Waals surface area contributed by atoms with E-state index in [0.717, 1.165) is 11.3 Å². The molecule has 2 amide bonds. The first-order valence-corrected chi connectivity index (χ1v) is 12.8. The summed E-state index contributed by atoms with van der Waals surface area (Å²) >= 11 is 1.24. The third-order valence-corrected chi connectivity index (χ3v) is 8.82. The quantitative estimate of drug-likeness (QED) is 0.656. The van der Waals surface area contributed by atoms with Crippen LogP contribution in [0.4, 0.5) is 5.69 Å². The molecule has 7 nitrogen and oxygen atoms in total. The van der Waals surface area contributed by atoms with Gasteiger partial charge in [-0.3, -0.25) is 9.59 Å². The topological polar surface area (TPSA) is 95.6 Å². The molecule has 1 aromatic carbocycles. The van der Waals surface area contributed by atoms with Gasteiger partial charge >= 0.3 is 0 Å². The van der Waals surface area contributed by atoms with Gasteiger partial charge in [-0.1, -0.05) is 19.1 Å². The fourth-order valence-electron chi connectivity index (χ4n) is 3.48. The molecule has 1 fully saturated rings. The van der Waals surface area contributed by atoms with Crippen LogP contribution in [0.3, 0.4) is 0 Å². The van der Waals surface area contributed by atoms with E-state index >= 15 is 0 Å². The van der Waals surface area contributed by atoms with Crippen LogP contribution in [-0.2, 0) is 14.8 Å². The number of nitrogens with zero attached hydrogens (tertiary/aromatic N) is 1. The molecule has 0 aliphatic carbocycles. The number of thiophene rings is 1. The van der Waals surface area contributed by atoms with E-state index in [9.17, 15) is 18.0 Å². The Balaban J connectivity index is 1.72. The Bertz CT molecular complexity index is 1050. The molecule has 1 aromatic heterocycles. The predicted octanol–water partition coefficient (Wildman–Crippen LogP) is 3.62. The van der Waals surface area contributed by atoms with Gasteiger partial charge in [0.05, 0.1) is 17.2 Å². The summed E-state index contributed by atoms with van der Waals surface area (Å²) in [4.78, 5) is 26.5. The number of sulfonamides is 1. The third-order valence-electron chi connectivity index (χ3n) is 5.48. The fraction of sp³-hybridized carbons (Fsp3) is 0.455. The van der Waals surface area contributed by atoms with Crippen molar-refractivity contribution in [2.24, 2.45) is 5.92 Å². The standard InChI is InChI=1S/C22H29N3O4S2/c1-4-15(2)23-22(27)18-9-5-6-10-19(18)24-21(26)17-8-7-13-25(14-17)31(28,29)20-12-11-16(3)30-20/h5-6,9-12,15,17H,4,7-8,13-14H2,1-3H3,(H,23,27)(H,24,26). The summed E-state index contributed by atoms with van der Waals surface area (Å²) in [6.07, 6.45) is 2.01. The number of hydrogen-bond donors (Lipinski definition) is 2. The van der Waals surface area contributed by atoms with Crippen molar-refractivity contribution >= 4 is 38.9 Å². The van der Waals surface area contributed by atoms with Crippen molar-refractivity contribution < 1.29 is 18.0 Å². The average Bonchev–Trinajstić information content (AvgIpc) is 3.21. The summed E-state index contributed by atoms with van der Waals surface area (Å²) in [6, 6.07) is 10.3. The SMILES string of the molecule is CCC(C)NC(=O)c1ccccc1NC(=O)C1CCCN(S(=O)(=O)c2ccc(C)s2)C1. The zero-order chi connectivity index (χ0) is 22.6. The molecule has 168 valence electrons. The van der Waals surface area contributed by atoms with Crippen LogP contribution in [0.15, 0.2) is 40.6 Å². The Hall–Kier alpha value is -2.23. The van der Waals surface area contributed by atoms with Crippen molar-refractivity contribution in [1.29, 1.82) is 0 Å². The van der Waals surface area contributed by atoms with Gasteiger partial charge < -0.3 is 10.6 Å². The van der Waals surface area contributed by atoms with Crippen LogP contribution in [0.5, 0.6) is 0 Å². The molecule has 2 aromatic rings. The molecule has 2 N–H and O–H groups in total. The highest BCUT2D eigenvalue weighted by molar-refractivity contribution is 7.91. The van der Waals surface area contributed by atoms with Gasteiger partial charge in [-0.05, 0) is 57.4 Å². The molecule has 0 bridgehead atoms. The molecular formula is C22H29N3O4S2. The summed E-state index contributed by atoms with van der Waals surface area (Å²) in [5, 5.41) is 5.76. The van der Waals surface area contributed by atoms with Crippen LogP contribution >= 0.6 is 11.3 Å². The van der Waals surface area contributed by atoms with Crippen molar-refractivity contribution in [2.45, 2.75) is 50.3 Å². The summed E-state index contributed by atoms with van der Waals surface area (Å²) in [5.74, 6) is -0.993. The van der Waals surface area contributed by atoms with Gasteiger partial charge in [0.2, 0.25) is 5.91 Å². The monoisotopic (exact) mass is 463 g/mol. The van der Waals surface area contributed by atoms with Gasteiger partial charge in [0.15, 0.2) is 0 Å². The fourth-order valence-corrected chi connectivity index (χ4v) is 6.44. The maximum atomic E-state index is 13.0. The smallest absolute Gasteiger partial charge is 0.253 e. The lowest BCUT2D eigenvalue weighted by atomic mass is 9.98. The van der Waals surface area contributed by atoms with E-state index in [4.69, 9.17) is 0 Å². The van der Waals surface area contributed by atoms with Gasteiger partial charge in [-0.2, -0.15) is 4.31 Å². The van der Waals surface area contributed by atoms with Crippen LogP contribution in [0.1, 0.15) is 48.3 Å². The number of carbonyl (C=O) groups is 2. The Labute approximate surface area is 187 Å². The second-order valence-corrected chi connectivity index (χ2v) is 11.3. The van der Waals surface area contributed by atoms with E-state index in [0.29, 0.717) is 34.8 Å². The average molecular weight is 464 g/mol. The molecule has 1 saturated heterocycles. The normalized spacial score (nSPS) is 18.4. The molecule has 31 heavy (non-hydrogen) atoms. The van der Waals surface area contributed by atoms with Crippen LogP contribution in [0, 0.1) is 12.8 Å². The minimum Gasteiger partial charge on any atom is -0.350 e. The maximum absolute atomic E-state index is 13.0. The van der Waals surface area contributed by atoms with Gasteiger partial charge in [0.25, 0.3) is 15.9 Å². The Morgan fingerprint density at radius 1 is 1.23 bits per heavy atom. The lowest BCUT2D eigenvalue weighted by Crippen LogP contribution is -2.43. The molecule has 2 atom stereocenters. The van der Waals surface area contributed by atoms with E-state index in [1.807, 2.05) is 20.8 Å². The van der Waals surface area contributed by atoms with Crippen LogP contribution < -0.4 is 10.6 Å². The molecule has 9 heteroatoms. The highest BCUT2D eigenvalue weighted by Crippen LogP contribution is 2.29. The number of hydrogen-bond acceptors (Lipinski definition) is 5. The molecule has 0 spiro atoms. The van der Waals surface area contributed by atoms with E-state index in [-0.39, 0.29) is 24.4 Å². The second-order valence-electron chi connectivity index (χ2n) is 7.88.